The average Bonchev–Trinajstić information content (AvgIpc) is 2.32. The first kappa shape index (κ1) is 16.4. The zero-order valence-electron chi connectivity index (χ0n) is 11.2. The van der Waals surface area contributed by atoms with Gasteiger partial charge >= 0.3 is 12.0 Å². The van der Waals surface area contributed by atoms with Crippen molar-refractivity contribution in [3.8, 4) is 0 Å². The Morgan fingerprint density at radius 2 is 2.10 bits per heavy atom. The van der Waals surface area contributed by atoms with Gasteiger partial charge in [0.1, 0.15) is 5.82 Å². The van der Waals surface area contributed by atoms with Crippen molar-refractivity contribution in [2.75, 3.05) is 11.9 Å². The summed E-state index contributed by atoms with van der Waals surface area (Å²) in [5.74, 6) is -1.38. The van der Waals surface area contributed by atoms with Gasteiger partial charge in [0.15, 0.2) is 0 Å². The summed E-state index contributed by atoms with van der Waals surface area (Å²) >= 11 is 3.16. The zero-order chi connectivity index (χ0) is 15.3. The summed E-state index contributed by atoms with van der Waals surface area (Å²) in [5, 5.41) is 11.3. The maximum Gasteiger partial charge on any atom is 0.322 e. The van der Waals surface area contributed by atoms with Crippen LogP contribution in [0.1, 0.15) is 20.3 Å². The second kappa shape index (κ2) is 7.23. The highest BCUT2D eigenvalue weighted by Gasteiger charge is 2.18. The quantitative estimate of drug-likeness (QED) is 0.859. The molecule has 0 unspecified atom stereocenters. The van der Waals surface area contributed by atoms with E-state index in [9.17, 15) is 14.0 Å². The number of halogens is 2. The average molecular weight is 347 g/mol. The summed E-state index contributed by atoms with van der Waals surface area (Å²) in [6, 6.07) is 3.35. The van der Waals surface area contributed by atoms with E-state index < -0.39 is 17.8 Å². The lowest BCUT2D eigenvalue weighted by atomic mass is 10.3. The van der Waals surface area contributed by atoms with Crippen molar-refractivity contribution in [3.63, 3.8) is 0 Å². The first-order chi connectivity index (χ1) is 9.31. The van der Waals surface area contributed by atoms with Gasteiger partial charge in [0.05, 0.1) is 12.1 Å². The van der Waals surface area contributed by atoms with E-state index in [1.54, 1.807) is 13.8 Å². The molecule has 0 spiro atoms. The zero-order valence-corrected chi connectivity index (χ0v) is 12.8. The molecule has 0 fully saturated rings. The molecule has 0 aliphatic heterocycles. The van der Waals surface area contributed by atoms with Crippen LogP contribution in [-0.2, 0) is 4.79 Å². The Morgan fingerprint density at radius 3 is 2.60 bits per heavy atom. The molecule has 0 aliphatic carbocycles. The number of urea groups is 1. The van der Waals surface area contributed by atoms with Crippen LogP contribution in [0.5, 0.6) is 0 Å². The van der Waals surface area contributed by atoms with Gasteiger partial charge in [0.25, 0.3) is 0 Å². The first-order valence-electron chi connectivity index (χ1n) is 6.05. The molecule has 0 aromatic heterocycles. The van der Waals surface area contributed by atoms with Crippen molar-refractivity contribution >= 4 is 33.6 Å². The van der Waals surface area contributed by atoms with Crippen LogP contribution in [0.4, 0.5) is 14.9 Å². The standard InChI is InChI=1S/C13H16BrFN2O3/c1-8(2)17(6-5-12(18)19)13(20)16-11-4-3-9(15)7-10(11)14/h3-4,7-8H,5-6H2,1-2H3,(H,16,20)(H,18,19). The van der Waals surface area contributed by atoms with E-state index in [0.717, 1.165) is 0 Å². The fourth-order valence-corrected chi connectivity index (χ4v) is 2.04. The number of carbonyl (C=O) groups is 2. The molecule has 1 rings (SSSR count). The summed E-state index contributed by atoms with van der Waals surface area (Å²) in [5.41, 5.74) is 0.428. The molecular formula is C13H16BrFN2O3. The van der Waals surface area contributed by atoms with Crippen LogP contribution in [0, 0.1) is 5.82 Å². The lowest BCUT2D eigenvalue weighted by molar-refractivity contribution is -0.137. The maximum atomic E-state index is 13.0. The number of amides is 2. The van der Waals surface area contributed by atoms with E-state index in [4.69, 9.17) is 5.11 Å². The van der Waals surface area contributed by atoms with Gasteiger partial charge < -0.3 is 15.3 Å². The highest BCUT2D eigenvalue weighted by atomic mass is 79.9. The number of carbonyl (C=O) groups excluding carboxylic acids is 1. The number of nitrogens with zero attached hydrogens (tertiary/aromatic N) is 1. The molecule has 0 atom stereocenters. The van der Waals surface area contributed by atoms with Crippen LogP contribution in [0.25, 0.3) is 0 Å². The number of carboxylic acid groups (broad SMARTS) is 1. The third-order valence-electron chi connectivity index (χ3n) is 2.62. The molecule has 0 saturated carbocycles. The SMILES string of the molecule is CC(C)N(CCC(=O)O)C(=O)Nc1ccc(F)cc1Br. The highest BCUT2D eigenvalue weighted by Crippen LogP contribution is 2.23. The number of nitrogens with one attached hydrogen (secondary N) is 1. The predicted octanol–water partition coefficient (Wildman–Crippen LogP) is 3.31. The molecule has 0 heterocycles. The van der Waals surface area contributed by atoms with E-state index in [1.807, 2.05) is 0 Å². The Hall–Kier alpha value is -1.63. The minimum absolute atomic E-state index is 0.109. The summed E-state index contributed by atoms with van der Waals surface area (Å²) in [6.45, 7) is 3.69. The number of carboxylic acids is 1. The van der Waals surface area contributed by atoms with Crippen LogP contribution >= 0.6 is 15.9 Å². The van der Waals surface area contributed by atoms with Crippen molar-refractivity contribution in [1.82, 2.24) is 4.90 Å². The highest BCUT2D eigenvalue weighted by molar-refractivity contribution is 9.10. The van der Waals surface area contributed by atoms with Crippen molar-refractivity contribution in [2.45, 2.75) is 26.3 Å². The lowest BCUT2D eigenvalue weighted by Crippen LogP contribution is -2.41. The van der Waals surface area contributed by atoms with Crippen molar-refractivity contribution in [1.29, 1.82) is 0 Å². The number of aliphatic carboxylic acids is 1. The Morgan fingerprint density at radius 1 is 1.45 bits per heavy atom. The van der Waals surface area contributed by atoms with Gasteiger partial charge in [0.2, 0.25) is 0 Å². The van der Waals surface area contributed by atoms with E-state index in [2.05, 4.69) is 21.2 Å². The molecule has 7 heteroatoms. The van der Waals surface area contributed by atoms with Gasteiger partial charge in [0, 0.05) is 17.1 Å². The monoisotopic (exact) mass is 346 g/mol. The van der Waals surface area contributed by atoms with E-state index >= 15 is 0 Å². The van der Waals surface area contributed by atoms with Gasteiger partial charge in [-0.2, -0.15) is 0 Å². The molecule has 0 radical (unpaired) electrons. The minimum Gasteiger partial charge on any atom is -0.481 e. The van der Waals surface area contributed by atoms with Crippen LogP contribution in [-0.4, -0.2) is 34.6 Å². The first-order valence-corrected chi connectivity index (χ1v) is 6.85. The number of hydrogen-bond acceptors (Lipinski definition) is 2. The third kappa shape index (κ3) is 4.80. The second-order valence-corrected chi connectivity index (χ2v) is 5.34. The molecule has 5 nitrogen and oxygen atoms in total. The summed E-state index contributed by atoms with van der Waals surface area (Å²) < 4.78 is 13.4. The molecule has 2 amide bonds. The molecular weight excluding hydrogens is 331 g/mol. The molecule has 2 N–H and O–H groups in total. The Balaban J connectivity index is 2.77. The Bertz CT molecular complexity index is 508. The summed E-state index contributed by atoms with van der Waals surface area (Å²) in [7, 11) is 0. The minimum atomic E-state index is -0.966. The molecule has 110 valence electrons. The van der Waals surface area contributed by atoms with Gasteiger partial charge in [-0.25, -0.2) is 9.18 Å². The van der Waals surface area contributed by atoms with Gasteiger partial charge in [-0.1, -0.05) is 0 Å². The Kier molecular flexibility index (Phi) is 5.94. The van der Waals surface area contributed by atoms with Crippen molar-refractivity contribution in [2.24, 2.45) is 0 Å². The maximum absolute atomic E-state index is 13.0. The predicted molar refractivity (Wildman–Crippen MR) is 77.2 cm³/mol. The number of anilines is 1. The van der Waals surface area contributed by atoms with E-state index in [0.29, 0.717) is 10.2 Å². The van der Waals surface area contributed by atoms with E-state index in [-0.39, 0.29) is 19.0 Å². The number of rotatable bonds is 5. The summed E-state index contributed by atoms with van der Waals surface area (Å²) in [6.07, 6.45) is -0.129. The van der Waals surface area contributed by atoms with Crippen LogP contribution in [0.15, 0.2) is 22.7 Å². The normalized spacial score (nSPS) is 10.4. The number of hydrogen-bond donors (Lipinski definition) is 2. The van der Waals surface area contributed by atoms with Gasteiger partial charge in [-0.15, -0.1) is 0 Å². The summed E-state index contributed by atoms with van der Waals surface area (Å²) in [4.78, 5) is 24.1. The lowest BCUT2D eigenvalue weighted by Gasteiger charge is -2.26. The van der Waals surface area contributed by atoms with Crippen molar-refractivity contribution in [3.05, 3.63) is 28.5 Å². The van der Waals surface area contributed by atoms with Crippen LogP contribution < -0.4 is 5.32 Å². The van der Waals surface area contributed by atoms with Crippen LogP contribution in [0.2, 0.25) is 0 Å². The molecule has 0 aliphatic rings. The molecule has 0 saturated heterocycles. The topological polar surface area (TPSA) is 69.6 Å². The second-order valence-electron chi connectivity index (χ2n) is 4.49. The van der Waals surface area contributed by atoms with Crippen LogP contribution in [0.3, 0.4) is 0 Å². The Labute approximate surface area is 124 Å². The fraction of sp³-hybridized carbons (Fsp3) is 0.385. The van der Waals surface area contributed by atoms with E-state index in [1.165, 1.54) is 23.1 Å². The van der Waals surface area contributed by atoms with Gasteiger partial charge in [-0.3, -0.25) is 4.79 Å². The molecule has 1 aromatic rings. The molecule has 1 aromatic carbocycles. The van der Waals surface area contributed by atoms with Crippen molar-refractivity contribution < 1.29 is 19.1 Å². The van der Waals surface area contributed by atoms with Gasteiger partial charge in [-0.05, 0) is 48.0 Å². The molecule has 0 bridgehead atoms. The smallest absolute Gasteiger partial charge is 0.322 e. The third-order valence-corrected chi connectivity index (χ3v) is 3.28. The largest absolute Gasteiger partial charge is 0.481 e. The molecule has 20 heavy (non-hydrogen) atoms. The fourth-order valence-electron chi connectivity index (χ4n) is 1.59. The number of benzene rings is 1.